The van der Waals surface area contributed by atoms with Crippen molar-refractivity contribution >= 4 is 17.4 Å². The molecule has 0 saturated carbocycles. The molecule has 3 aromatic heterocycles. The molecule has 0 radical (unpaired) electrons. The number of aromatic nitrogens is 6. The Morgan fingerprint density at radius 1 is 1.21 bits per heavy atom. The lowest BCUT2D eigenvalue weighted by Gasteiger charge is -2.26. The molecule has 1 aliphatic heterocycles. The van der Waals surface area contributed by atoms with Crippen LogP contribution in [0, 0.1) is 6.92 Å². The first kappa shape index (κ1) is 20.9. The van der Waals surface area contributed by atoms with Crippen LogP contribution in [0.4, 0.5) is 5.82 Å². The molecule has 1 amide bonds. The number of carbonyl (C=O) groups excluding carboxylic acids is 1. The zero-order valence-corrected chi connectivity index (χ0v) is 18.8. The van der Waals surface area contributed by atoms with Gasteiger partial charge in [0.05, 0.1) is 19.4 Å². The molecule has 0 bridgehead atoms. The zero-order valence-electron chi connectivity index (χ0n) is 18.8. The van der Waals surface area contributed by atoms with E-state index in [9.17, 15) is 4.79 Å². The van der Waals surface area contributed by atoms with Gasteiger partial charge in [-0.05, 0) is 31.5 Å². The number of para-hydroxylation sites is 1. The number of ether oxygens (including phenoxy) is 2. The topological polar surface area (TPSA) is 108 Å². The summed E-state index contributed by atoms with van der Waals surface area (Å²) in [6, 6.07) is 9.41. The van der Waals surface area contributed by atoms with Gasteiger partial charge in [-0.15, -0.1) is 15.3 Å². The summed E-state index contributed by atoms with van der Waals surface area (Å²) < 4.78 is 15.0. The van der Waals surface area contributed by atoms with Crippen LogP contribution in [0.25, 0.3) is 11.5 Å². The Hall–Kier alpha value is -3.95. The van der Waals surface area contributed by atoms with Crippen molar-refractivity contribution in [3.63, 3.8) is 0 Å². The first-order valence-corrected chi connectivity index (χ1v) is 11.0. The third-order valence-electron chi connectivity index (χ3n) is 5.82. The zero-order chi connectivity index (χ0) is 22.9. The third kappa shape index (κ3) is 3.67. The number of aryl methyl sites for hydroxylation is 1. The predicted octanol–water partition coefficient (Wildman–Crippen LogP) is 3.28. The minimum atomic E-state index is -0.229. The molecule has 1 aliphatic rings. The fourth-order valence-corrected chi connectivity index (χ4v) is 4.25. The summed E-state index contributed by atoms with van der Waals surface area (Å²) in [6.07, 6.45) is 3.77. The highest BCUT2D eigenvalue weighted by molar-refractivity contribution is 5.95. The molecule has 33 heavy (non-hydrogen) atoms. The summed E-state index contributed by atoms with van der Waals surface area (Å²) in [6.45, 7) is 4.64. The Morgan fingerprint density at radius 2 is 2.09 bits per heavy atom. The van der Waals surface area contributed by atoms with Crippen molar-refractivity contribution in [3.05, 3.63) is 53.5 Å². The Morgan fingerprint density at radius 3 is 2.91 bits per heavy atom. The lowest BCUT2D eigenvalue weighted by Crippen LogP contribution is -2.25. The molecule has 10 heteroatoms. The normalized spacial score (nSPS) is 15.4. The predicted molar refractivity (Wildman–Crippen MR) is 121 cm³/mol. The van der Waals surface area contributed by atoms with Crippen LogP contribution in [0.15, 0.2) is 36.7 Å². The summed E-state index contributed by atoms with van der Waals surface area (Å²) >= 11 is 0. The van der Waals surface area contributed by atoms with Gasteiger partial charge in [0.15, 0.2) is 23.0 Å². The summed E-state index contributed by atoms with van der Waals surface area (Å²) in [5.74, 6) is 2.17. The highest BCUT2D eigenvalue weighted by atomic mass is 16.5. The first-order valence-electron chi connectivity index (χ1n) is 11.0. The molecule has 0 spiro atoms. The number of unbranched alkanes of at least 4 members (excludes halogenated alkanes) is 1. The van der Waals surface area contributed by atoms with Crippen LogP contribution in [0.1, 0.15) is 48.9 Å². The Balaban J connectivity index is 1.63. The number of nitrogens with one attached hydrogen (secondary N) is 1. The largest absolute Gasteiger partial charge is 0.493 e. The average molecular weight is 447 g/mol. The Labute approximate surface area is 190 Å². The minimum Gasteiger partial charge on any atom is -0.493 e. The van der Waals surface area contributed by atoms with Gasteiger partial charge in [0.2, 0.25) is 5.91 Å². The number of benzene rings is 1. The number of carbonyl (C=O) groups is 1. The van der Waals surface area contributed by atoms with Crippen molar-refractivity contribution < 1.29 is 14.3 Å². The van der Waals surface area contributed by atoms with Crippen LogP contribution in [0.3, 0.4) is 0 Å². The van der Waals surface area contributed by atoms with E-state index >= 15 is 0 Å². The van der Waals surface area contributed by atoms with Crippen molar-refractivity contribution in [3.8, 4) is 17.3 Å². The second kappa shape index (κ2) is 8.53. The third-order valence-corrected chi connectivity index (χ3v) is 5.82. The Kier molecular flexibility index (Phi) is 5.41. The van der Waals surface area contributed by atoms with E-state index in [1.54, 1.807) is 22.4 Å². The van der Waals surface area contributed by atoms with E-state index in [1.165, 1.54) is 6.33 Å². The van der Waals surface area contributed by atoms with Gasteiger partial charge < -0.3 is 14.8 Å². The van der Waals surface area contributed by atoms with E-state index in [-0.39, 0.29) is 18.2 Å². The van der Waals surface area contributed by atoms with Gasteiger partial charge in [-0.1, -0.05) is 25.5 Å². The second-order valence-electron chi connectivity index (χ2n) is 7.97. The van der Waals surface area contributed by atoms with Crippen molar-refractivity contribution in [2.24, 2.45) is 0 Å². The number of fused-ring (bicyclic) bond motifs is 2. The molecule has 1 atom stereocenters. The molecule has 10 nitrogen and oxygen atoms in total. The first-order chi connectivity index (χ1) is 16.1. The molecule has 4 heterocycles. The van der Waals surface area contributed by atoms with Gasteiger partial charge in [-0.2, -0.15) is 14.3 Å². The highest BCUT2D eigenvalue weighted by Gasteiger charge is 2.35. The quantitative estimate of drug-likeness (QED) is 0.433. The highest BCUT2D eigenvalue weighted by Crippen LogP contribution is 2.45. The monoisotopic (exact) mass is 447 g/mol. The molecule has 1 aromatic carbocycles. The number of amides is 1. The van der Waals surface area contributed by atoms with E-state index in [2.05, 4.69) is 27.5 Å². The summed E-state index contributed by atoms with van der Waals surface area (Å²) in [5, 5.41) is 20.1. The molecule has 170 valence electrons. The molecule has 0 saturated heterocycles. The van der Waals surface area contributed by atoms with Crippen LogP contribution in [-0.2, 0) is 4.79 Å². The lowest BCUT2D eigenvalue weighted by molar-refractivity contribution is -0.116. The van der Waals surface area contributed by atoms with Crippen molar-refractivity contribution in [2.45, 2.75) is 39.0 Å². The fourth-order valence-electron chi connectivity index (χ4n) is 4.25. The van der Waals surface area contributed by atoms with Gasteiger partial charge in [0.25, 0.3) is 0 Å². The SMILES string of the molecule is CCCCOc1c(OC)cccc1[C@@H]1CC(=O)Nc2c1c(C)nn2-c1ccc2nncn2n1. The van der Waals surface area contributed by atoms with Gasteiger partial charge in [-0.25, -0.2) is 0 Å². The molecule has 1 N–H and O–H groups in total. The van der Waals surface area contributed by atoms with Gasteiger partial charge in [0.1, 0.15) is 12.1 Å². The van der Waals surface area contributed by atoms with E-state index in [0.29, 0.717) is 35.4 Å². The van der Waals surface area contributed by atoms with Crippen LogP contribution in [-0.4, -0.2) is 49.2 Å². The van der Waals surface area contributed by atoms with E-state index in [1.807, 2.05) is 31.2 Å². The van der Waals surface area contributed by atoms with Gasteiger partial charge in [-0.3, -0.25) is 4.79 Å². The Bertz CT molecular complexity index is 1330. The molecule has 0 unspecified atom stereocenters. The molecule has 0 aliphatic carbocycles. The molecular formula is C23H25N7O3. The van der Waals surface area contributed by atoms with Crippen molar-refractivity contribution in [1.82, 2.24) is 29.6 Å². The van der Waals surface area contributed by atoms with Crippen molar-refractivity contribution in [1.29, 1.82) is 0 Å². The number of rotatable bonds is 7. The number of hydrogen-bond acceptors (Lipinski definition) is 7. The van der Waals surface area contributed by atoms with Gasteiger partial charge >= 0.3 is 0 Å². The number of hydrogen-bond donors (Lipinski definition) is 1. The van der Waals surface area contributed by atoms with Crippen molar-refractivity contribution in [2.75, 3.05) is 19.0 Å². The smallest absolute Gasteiger partial charge is 0.226 e. The number of methoxy groups -OCH3 is 1. The van der Waals surface area contributed by atoms with Crippen LogP contribution in [0.2, 0.25) is 0 Å². The molecular weight excluding hydrogens is 422 g/mol. The maximum atomic E-state index is 12.8. The fraction of sp³-hybridized carbons (Fsp3) is 0.348. The summed E-state index contributed by atoms with van der Waals surface area (Å²) in [7, 11) is 1.63. The molecule has 5 rings (SSSR count). The molecule has 4 aromatic rings. The van der Waals surface area contributed by atoms with E-state index in [4.69, 9.17) is 14.6 Å². The van der Waals surface area contributed by atoms with E-state index < -0.39 is 0 Å². The van der Waals surface area contributed by atoms with E-state index in [0.717, 1.165) is 29.7 Å². The average Bonchev–Trinajstić information content (AvgIpc) is 3.42. The van der Waals surface area contributed by atoms with Crippen LogP contribution >= 0.6 is 0 Å². The maximum absolute atomic E-state index is 12.8. The lowest BCUT2D eigenvalue weighted by atomic mass is 9.85. The minimum absolute atomic E-state index is 0.0960. The second-order valence-corrected chi connectivity index (χ2v) is 7.97. The summed E-state index contributed by atoms with van der Waals surface area (Å²) in [4.78, 5) is 12.8. The van der Waals surface area contributed by atoms with Gasteiger partial charge in [0, 0.05) is 23.5 Å². The number of anilines is 1. The van der Waals surface area contributed by atoms with Crippen LogP contribution in [0.5, 0.6) is 11.5 Å². The standard InChI is InChI=1S/C23H25N7O3/c1-4-5-11-33-22-15(7-6-8-17(22)32-3)16-12-20(31)25-23-21(16)14(2)27-30(23)19-10-9-18-26-24-13-29(18)28-19/h6-10,13,16H,4-5,11-12H2,1-3H3,(H,25,31)/t16-/m0/s1. The summed E-state index contributed by atoms with van der Waals surface area (Å²) in [5.41, 5.74) is 3.28. The van der Waals surface area contributed by atoms with Crippen LogP contribution < -0.4 is 14.8 Å². The number of nitrogens with zero attached hydrogens (tertiary/aromatic N) is 6. The maximum Gasteiger partial charge on any atom is 0.226 e. The molecule has 0 fully saturated rings.